The second-order valence-electron chi connectivity index (χ2n) is 6.45. The smallest absolute Gasteiger partial charge is 0.157 e. The molecule has 3 unspecified atom stereocenters. The lowest BCUT2D eigenvalue weighted by atomic mass is 10.0. The molecule has 0 radical (unpaired) electrons. The first-order valence-electron chi connectivity index (χ1n) is 8.27. The van der Waals surface area contributed by atoms with Crippen LogP contribution in [0.2, 0.25) is 0 Å². The average molecular weight is 366 g/mol. The Hall–Kier alpha value is -1.95. The van der Waals surface area contributed by atoms with Crippen LogP contribution in [-0.4, -0.2) is 32.5 Å². The minimum absolute atomic E-state index is 0. The molecule has 3 atom stereocenters. The first-order valence-corrected chi connectivity index (χ1v) is 8.27. The van der Waals surface area contributed by atoms with Gasteiger partial charge < -0.3 is 25.7 Å². The fourth-order valence-corrected chi connectivity index (χ4v) is 3.29. The van der Waals surface area contributed by atoms with Crippen LogP contribution >= 0.6 is 12.4 Å². The van der Waals surface area contributed by atoms with Crippen molar-refractivity contribution in [3.05, 3.63) is 53.6 Å². The zero-order valence-corrected chi connectivity index (χ0v) is 14.6. The quantitative estimate of drug-likeness (QED) is 0.525. The molecule has 2 aromatic rings. The van der Waals surface area contributed by atoms with Crippen LogP contribution in [0.4, 0.5) is 0 Å². The highest BCUT2D eigenvalue weighted by molar-refractivity contribution is 5.85. The van der Waals surface area contributed by atoms with Crippen LogP contribution in [0.5, 0.6) is 17.2 Å². The van der Waals surface area contributed by atoms with Gasteiger partial charge in [-0.05, 0) is 61.1 Å². The Kier molecular flexibility index (Phi) is 6.53. The zero-order chi connectivity index (χ0) is 17.1. The molecular formula is C19H24ClNO4. The van der Waals surface area contributed by atoms with E-state index in [0.29, 0.717) is 11.6 Å². The molecule has 0 spiro atoms. The van der Waals surface area contributed by atoms with Gasteiger partial charge in [-0.15, -0.1) is 12.4 Å². The highest BCUT2D eigenvalue weighted by Crippen LogP contribution is 2.32. The summed E-state index contributed by atoms with van der Waals surface area (Å²) in [5, 5.41) is 42.2. The van der Waals surface area contributed by atoms with Gasteiger partial charge in [-0.2, -0.15) is 0 Å². The number of aromatic hydroxyl groups is 3. The number of nitrogens with one attached hydrogen (secondary N) is 1. The monoisotopic (exact) mass is 365 g/mol. The number of halogens is 1. The number of phenolic OH excluding ortho intramolecular Hbond substituents is 3. The summed E-state index contributed by atoms with van der Waals surface area (Å²) in [6, 6.07) is 12.0. The van der Waals surface area contributed by atoms with Gasteiger partial charge in [0.15, 0.2) is 11.5 Å². The second-order valence-corrected chi connectivity index (χ2v) is 6.45. The number of aliphatic hydroxyl groups is 1. The van der Waals surface area contributed by atoms with E-state index in [4.69, 9.17) is 0 Å². The van der Waals surface area contributed by atoms with E-state index in [1.807, 2.05) is 12.1 Å². The first-order chi connectivity index (χ1) is 11.5. The molecule has 3 rings (SSSR count). The Morgan fingerprint density at radius 2 is 1.68 bits per heavy atom. The maximum atomic E-state index is 10.5. The third-order valence-corrected chi connectivity index (χ3v) is 4.72. The van der Waals surface area contributed by atoms with Gasteiger partial charge in [-0.3, -0.25) is 0 Å². The molecular weight excluding hydrogens is 342 g/mol. The van der Waals surface area contributed by atoms with E-state index in [1.165, 1.54) is 17.7 Å². The van der Waals surface area contributed by atoms with Gasteiger partial charge in [0.05, 0.1) is 6.10 Å². The highest BCUT2D eigenvalue weighted by atomic mass is 35.5. The topological polar surface area (TPSA) is 93.0 Å². The van der Waals surface area contributed by atoms with Crippen molar-refractivity contribution in [1.29, 1.82) is 0 Å². The minimum atomic E-state index is -0.713. The van der Waals surface area contributed by atoms with Crippen LogP contribution in [0.25, 0.3) is 0 Å². The average Bonchev–Trinajstić information content (AvgIpc) is 3.05. The molecule has 0 amide bonds. The Balaban J connectivity index is 0.00000225. The number of hydrogen-bond acceptors (Lipinski definition) is 5. The summed E-state index contributed by atoms with van der Waals surface area (Å²) in [6.07, 6.45) is 3.03. The first kappa shape index (κ1) is 19.4. The lowest BCUT2D eigenvalue weighted by molar-refractivity contribution is 0.134. The molecule has 5 N–H and O–H groups in total. The molecule has 1 aliphatic rings. The molecule has 5 nitrogen and oxygen atoms in total. The van der Waals surface area contributed by atoms with Gasteiger partial charge in [0, 0.05) is 12.1 Å². The molecule has 1 heterocycles. The molecule has 0 aromatic heterocycles. The van der Waals surface area contributed by atoms with Gasteiger partial charge in [0.2, 0.25) is 0 Å². The van der Waals surface area contributed by atoms with Crippen molar-refractivity contribution >= 4 is 12.4 Å². The molecule has 0 saturated carbocycles. The van der Waals surface area contributed by atoms with E-state index in [2.05, 4.69) is 5.32 Å². The number of phenols is 3. The summed E-state index contributed by atoms with van der Waals surface area (Å²) < 4.78 is 0. The number of hydrogen-bond donors (Lipinski definition) is 5. The molecule has 2 aromatic carbocycles. The third-order valence-electron chi connectivity index (χ3n) is 4.72. The fourth-order valence-electron chi connectivity index (χ4n) is 3.29. The van der Waals surface area contributed by atoms with Crippen LogP contribution < -0.4 is 5.32 Å². The van der Waals surface area contributed by atoms with Crippen LogP contribution in [0.1, 0.15) is 36.5 Å². The Labute approximate surface area is 153 Å². The van der Waals surface area contributed by atoms with Gasteiger partial charge >= 0.3 is 0 Å². The Morgan fingerprint density at radius 1 is 0.960 bits per heavy atom. The van der Waals surface area contributed by atoms with Crippen molar-refractivity contribution < 1.29 is 20.4 Å². The molecule has 25 heavy (non-hydrogen) atoms. The third kappa shape index (κ3) is 4.78. The summed E-state index contributed by atoms with van der Waals surface area (Å²) in [5.41, 5.74) is 1.78. The summed E-state index contributed by atoms with van der Waals surface area (Å²) in [7, 11) is 0. The molecule has 1 aliphatic heterocycles. The van der Waals surface area contributed by atoms with Crippen LogP contribution in [0.3, 0.4) is 0 Å². The number of aryl methyl sites for hydroxylation is 1. The standard InChI is InChI=1S/C19H23NO4.ClH/c21-15-7-2-12(3-8-15)1-5-14-6-9-16(20-14)19(24)13-4-10-17(22)18(23)11-13;/h2-4,7-8,10-11,14,16,19-24H,1,5-6,9H2;1H. The van der Waals surface area contributed by atoms with Crippen LogP contribution in [-0.2, 0) is 6.42 Å². The molecule has 136 valence electrons. The van der Waals surface area contributed by atoms with Gasteiger partial charge in [-0.25, -0.2) is 0 Å². The van der Waals surface area contributed by atoms with E-state index in [1.54, 1.807) is 18.2 Å². The number of benzene rings is 2. The van der Waals surface area contributed by atoms with Crippen LogP contribution in [0, 0.1) is 0 Å². The summed E-state index contributed by atoms with van der Waals surface area (Å²) >= 11 is 0. The van der Waals surface area contributed by atoms with Crippen molar-refractivity contribution in [2.45, 2.75) is 43.9 Å². The minimum Gasteiger partial charge on any atom is -0.508 e. The second kappa shape index (κ2) is 8.43. The highest BCUT2D eigenvalue weighted by Gasteiger charge is 2.30. The summed E-state index contributed by atoms with van der Waals surface area (Å²) in [6.45, 7) is 0. The number of rotatable bonds is 5. The van der Waals surface area contributed by atoms with Gasteiger partial charge in [0.25, 0.3) is 0 Å². The zero-order valence-electron chi connectivity index (χ0n) is 13.8. The SMILES string of the molecule is Cl.Oc1ccc(CCC2CCC(C(O)c3ccc(O)c(O)c3)N2)cc1. The van der Waals surface area contributed by atoms with E-state index in [0.717, 1.165) is 25.7 Å². The maximum absolute atomic E-state index is 10.5. The van der Waals surface area contributed by atoms with E-state index >= 15 is 0 Å². The largest absolute Gasteiger partial charge is 0.508 e. The van der Waals surface area contributed by atoms with E-state index in [-0.39, 0.29) is 35.7 Å². The molecule has 6 heteroatoms. The lowest BCUT2D eigenvalue weighted by Crippen LogP contribution is -2.34. The maximum Gasteiger partial charge on any atom is 0.157 e. The fraction of sp³-hybridized carbons (Fsp3) is 0.368. The Bertz CT molecular complexity index is 692. The molecule has 0 aliphatic carbocycles. The van der Waals surface area contributed by atoms with Crippen molar-refractivity contribution in [3.63, 3.8) is 0 Å². The molecule has 1 saturated heterocycles. The predicted molar refractivity (Wildman–Crippen MR) is 98.4 cm³/mol. The molecule has 0 bridgehead atoms. The van der Waals surface area contributed by atoms with Gasteiger partial charge in [0.1, 0.15) is 5.75 Å². The van der Waals surface area contributed by atoms with E-state index in [9.17, 15) is 20.4 Å². The van der Waals surface area contributed by atoms with Gasteiger partial charge in [-0.1, -0.05) is 18.2 Å². The van der Waals surface area contributed by atoms with E-state index < -0.39 is 6.10 Å². The van der Waals surface area contributed by atoms with Crippen molar-refractivity contribution in [3.8, 4) is 17.2 Å². The van der Waals surface area contributed by atoms with Crippen LogP contribution in [0.15, 0.2) is 42.5 Å². The molecule has 1 fully saturated rings. The predicted octanol–water partition coefficient (Wildman–Crippen LogP) is 3.01. The van der Waals surface area contributed by atoms with Crippen molar-refractivity contribution in [2.24, 2.45) is 0 Å². The summed E-state index contributed by atoms with van der Waals surface area (Å²) in [5.74, 6) is -0.122. The normalized spacial score (nSPS) is 20.8. The summed E-state index contributed by atoms with van der Waals surface area (Å²) in [4.78, 5) is 0. The Morgan fingerprint density at radius 3 is 2.36 bits per heavy atom. The lowest BCUT2D eigenvalue weighted by Gasteiger charge is -2.21. The number of aliphatic hydroxyl groups excluding tert-OH is 1. The van der Waals surface area contributed by atoms with Crippen molar-refractivity contribution in [2.75, 3.05) is 0 Å². The van der Waals surface area contributed by atoms with Crippen molar-refractivity contribution in [1.82, 2.24) is 5.32 Å².